The van der Waals surface area contributed by atoms with Crippen molar-refractivity contribution in [3.05, 3.63) is 23.9 Å². The molecular formula is C13H18N2O2. The Kier molecular flexibility index (Phi) is 3.24. The van der Waals surface area contributed by atoms with Crippen LogP contribution in [0.3, 0.4) is 0 Å². The molecule has 0 bridgehead atoms. The Morgan fingerprint density at radius 3 is 2.41 bits per heavy atom. The third-order valence-corrected chi connectivity index (χ3v) is 2.99. The molecule has 0 unspecified atom stereocenters. The first kappa shape index (κ1) is 11.8. The number of methoxy groups -OCH3 is 2. The van der Waals surface area contributed by atoms with Crippen LogP contribution in [0.2, 0.25) is 0 Å². The Hall–Kier alpha value is -1.68. The molecule has 1 aromatic carbocycles. The molecule has 0 saturated heterocycles. The van der Waals surface area contributed by atoms with E-state index >= 15 is 0 Å². The quantitative estimate of drug-likeness (QED) is 0.876. The first-order valence-corrected chi connectivity index (χ1v) is 5.61. The van der Waals surface area contributed by atoms with E-state index in [1.165, 1.54) is 10.9 Å². The van der Waals surface area contributed by atoms with Crippen LogP contribution in [0.25, 0.3) is 10.9 Å². The number of hydrogen-bond donors (Lipinski definition) is 1. The molecule has 0 radical (unpaired) electrons. The summed E-state index contributed by atoms with van der Waals surface area (Å²) in [7, 11) is 5.32. The molecule has 0 aliphatic heterocycles. The van der Waals surface area contributed by atoms with Gasteiger partial charge in [-0.3, -0.25) is 0 Å². The largest absolute Gasteiger partial charge is 0.493 e. The molecule has 2 rings (SSSR count). The monoisotopic (exact) mass is 234 g/mol. The highest BCUT2D eigenvalue weighted by Crippen LogP contribution is 2.34. The zero-order valence-corrected chi connectivity index (χ0v) is 10.5. The summed E-state index contributed by atoms with van der Waals surface area (Å²) in [6.45, 7) is 0.646. The Morgan fingerprint density at radius 2 is 1.82 bits per heavy atom. The summed E-state index contributed by atoms with van der Waals surface area (Å²) in [6.07, 6.45) is 2.98. The van der Waals surface area contributed by atoms with Crippen molar-refractivity contribution < 1.29 is 9.47 Å². The van der Waals surface area contributed by atoms with Gasteiger partial charge >= 0.3 is 0 Å². The van der Waals surface area contributed by atoms with Crippen molar-refractivity contribution in [2.45, 2.75) is 6.42 Å². The maximum Gasteiger partial charge on any atom is 0.162 e. The maximum atomic E-state index is 5.62. The summed E-state index contributed by atoms with van der Waals surface area (Å²) in [4.78, 5) is 0. The number of benzene rings is 1. The second-order valence-corrected chi connectivity index (χ2v) is 4.03. The molecule has 0 aliphatic carbocycles. The van der Waals surface area contributed by atoms with Crippen molar-refractivity contribution in [1.29, 1.82) is 0 Å². The van der Waals surface area contributed by atoms with Gasteiger partial charge in [0.15, 0.2) is 11.5 Å². The number of ether oxygens (including phenoxy) is 2. The normalized spacial score (nSPS) is 10.8. The minimum Gasteiger partial charge on any atom is -0.493 e. The van der Waals surface area contributed by atoms with Crippen LogP contribution in [-0.4, -0.2) is 25.3 Å². The molecule has 0 fully saturated rings. The minimum atomic E-state index is 0.646. The molecular weight excluding hydrogens is 216 g/mol. The lowest BCUT2D eigenvalue weighted by Crippen LogP contribution is -2.02. The predicted octanol–water partition coefficient (Wildman–Crippen LogP) is 1.70. The fraction of sp³-hybridized carbons (Fsp3) is 0.385. The van der Waals surface area contributed by atoms with Gasteiger partial charge in [-0.15, -0.1) is 0 Å². The molecule has 0 amide bonds. The van der Waals surface area contributed by atoms with E-state index in [2.05, 4.69) is 10.8 Å². The van der Waals surface area contributed by atoms with Gasteiger partial charge in [0.05, 0.1) is 19.7 Å². The van der Waals surface area contributed by atoms with E-state index in [0.29, 0.717) is 6.54 Å². The first-order valence-electron chi connectivity index (χ1n) is 5.61. The molecule has 2 N–H and O–H groups in total. The van der Waals surface area contributed by atoms with Gasteiger partial charge in [0, 0.05) is 24.7 Å². The summed E-state index contributed by atoms with van der Waals surface area (Å²) in [5.41, 5.74) is 7.99. The highest BCUT2D eigenvalue weighted by molar-refractivity contribution is 5.87. The first-order chi connectivity index (χ1) is 8.21. The van der Waals surface area contributed by atoms with E-state index in [1.54, 1.807) is 14.2 Å². The Labute approximate surface area is 101 Å². The van der Waals surface area contributed by atoms with Crippen molar-refractivity contribution >= 4 is 10.9 Å². The van der Waals surface area contributed by atoms with Crippen molar-refractivity contribution in [2.75, 3.05) is 20.8 Å². The average molecular weight is 234 g/mol. The maximum absolute atomic E-state index is 5.62. The van der Waals surface area contributed by atoms with Crippen LogP contribution in [0.15, 0.2) is 18.3 Å². The van der Waals surface area contributed by atoms with Gasteiger partial charge in [0.25, 0.3) is 0 Å². The lowest BCUT2D eigenvalue weighted by molar-refractivity contribution is 0.355. The number of nitrogens with two attached hydrogens (primary N) is 1. The van der Waals surface area contributed by atoms with Gasteiger partial charge in [-0.25, -0.2) is 0 Å². The summed E-state index contributed by atoms with van der Waals surface area (Å²) in [5.74, 6) is 1.50. The Morgan fingerprint density at radius 1 is 1.18 bits per heavy atom. The minimum absolute atomic E-state index is 0.646. The van der Waals surface area contributed by atoms with Gasteiger partial charge in [-0.2, -0.15) is 0 Å². The lowest BCUT2D eigenvalue weighted by atomic mass is 10.1. The zero-order chi connectivity index (χ0) is 12.4. The molecule has 1 aromatic heterocycles. The third kappa shape index (κ3) is 1.96. The topological polar surface area (TPSA) is 49.4 Å². The van der Waals surface area contributed by atoms with Crippen LogP contribution in [-0.2, 0) is 13.5 Å². The number of aromatic nitrogens is 1. The molecule has 2 aromatic rings. The lowest BCUT2D eigenvalue weighted by Gasteiger charge is -2.08. The highest BCUT2D eigenvalue weighted by Gasteiger charge is 2.11. The van der Waals surface area contributed by atoms with E-state index in [-0.39, 0.29) is 0 Å². The van der Waals surface area contributed by atoms with Crippen LogP contribution >= 0.6 is 0 Å². The van der Waals surface area contributed by atoms with Crippen molar-refractivity contribution in [3.63, 3.8) is 0 Å². The molecule has 1 heterocycles. The van der Waals surface area contributed by atoms with E-state index in [0.717, 1.165) is 23.4 Å². The highest BCUT2D eigenvalue weighted by atomic mass is 16.5. The molecule has 4 heteroatoms. The average Bonchev–Trinajstić information content (AvgIpc) is 2.65. The number of aryl methyl sites for hydroxylation is 1. The van der Waals surface area contributed by atoms with Gasteiger partial charge in [-0.1, -0.05) is 0 Å². The predicted molar refractivity (Wildman–Crippen MR) is 68.8 cm³/mol. The molecule has 0 atom stereocenters. The van der Waals surface area contributed by atoms with Crippen molar-refractivity contribution in [3.8, 4) is 11.5 Å². The fourth-order valence-electron chi connectivity index (χ4n) is 2.14. The molecule has 17 heavy (non-hydrogen) atoms. The van der Waals surface area contributed by atoms with Crippen molar-refractivity contribution in [1.82, 2.24) is 4.57 Å². The summed E-state index contributed by atoms with van der Waals surface area (Å²) < 4.78 is 12.7. The number of hydrogen-bond acceptors (Lipinski definition) is 3. The van der Waals surface area contributed by atoms with Crippen LogP contribution in [0.1, 0.15) is 5.56 Å². The smallest absolute Gasteiger partial charge is 0.162 e. The molecule has 92 valence electrons. The van der Waals surface area contributed by atoms with Crippen molar-refractivity contribution in [2.24, 2.45) is 12.8 Å². The van der Waals surface area contributed by atoms with E-state index in [1.807, 2.05) is 19.2 Å². The number of fused-ring (bicyclic) bond motifs is 1. The van der Waals surface area contributed by atoms with Gasteiger partial charge in [-0.05, 0) is 24.6 Å². The Bertz CT molecular complexity index is 532. The fourth-order valence-corrected chi connectivity index (χ4v) is 2.14. The van der Waals surface area contributed by atoms with E-state index < -0.39 is 0 Å². The number of nitrogens with zero attached hydrogens (tertiary/aromatic N) is 1. The van der Waals surface area contributed by atoms with E-state index in [9.17, 15) is 0 Å². The van der Waals surface area contributed by atoms with Crippen LogP contribution < -0.4 is 15.2 Å². The third-order valence-electron chi connectivity index (χ3n) is 2.99. The van der Waals surface area contributed by atoms with Gasteiger partial charge in [0.1, 0.15) is 0 Å². The Balaban J connectivity index is 2.66. The van der Waals surface area contributed by atoms with Gasteiger partial charge in [0.2, 0.25) is 0 Å². The SMILES string of the molecule is COc1cc2c(CCN)cn(C)c2cc1OC. The summed E-state index contributed by atoms with van der Waals surface area (Å²) in [5, 5.41) is 1.18. The molecule has 0 aliphatic rings. The van der Waals surface area contributed by atoms with Gasteiger partial charge < -0.3 is 19.8 Å². The zero-order valence-electron chi connectivity index (χ0n) is 10.5. The summed E-state index contributed by atoms with van der Waals surface area (Å²) in [6, 6.07) is 4.01. The number of rotatable bonds is 4. The standard InChI is InChI=1S/C13H18N2O2/c1-15-8-9(4-5-14)10-6-12(16-2)13(17-3)7-11(10)15/h6-8H,4-5,14H2,1-3H3. The second kappa shape index (κ2) is 4.67. The van der Waals surface area contributed by atoms with Crippen LogP contribution in [0.4, 0.5) is 0 Å². The molecule has 0 saturated carbocycles. The molecule has 4 nitrogen and oxygen atoms in total. The van der Waals surface area contributed by atoms with E-state index in [4.69, 9.17) is 15.2 Å². The second-order valence-electron chi connectivity index (χ2n) is 4.03. The van der Waals surface area contributed by atoms with Crippen LogP contribution in [0, 0.1) is 0 Å². The van der Waals surface area contributed by atoms with Crippen LogP contribution in [0.5, 0.6) is 11.5 Å². The molecule has 0 spiro atoms. The summed E-state index contributed by atoms with van der Waals surface area (Å²) >= 11 is 0.